The van der Waals surface area contributed by atoms with Crippen LogP contribution < -0.4 is 5.32 Å². The lowest BCUT2D eigenvalue weighted by Crippen LogP contribution is -2.24. The highest BCUT2D eigenvalue weighted by Crippen LogP contribution is 2.33. The first-order valence-electron chi connectivity index (χ1n) is 8.44. The van der Waals surface area contributed by atoms with E-state index in [1.165, 1.54) is 16.5 Å². The number of aryl methyl sites for hydroxylation is 2. The molecule has 0 unspecified atom stereocenters. The Balaban J connectivity index is 1.41. The number of rotatable bonds is 5. The summed E-state index contributed by atoms with van der Waals surface area (Å²) in [5, 5.41) is 13.7. The van der Waals surface area contributed by atoms with E-state index in [9.17, 15) is 0 Å². The van der Waals surface area contributed by atoms with Crippen LogP contribution in [-0.2, 0) is 25.4 Å². The van der Waals surface area contributed by atoms with Gasteiger partial charge in [-0.25, -0.2) is 0 Å². The van der Waals surface area contributed by atoms with Gasteiger partial charge in [-0.1, -0.05) is 18.2 Å². The number of hydrogen-bond donors (Lipinski definition) is 1. The van der Waals surface area contributed by atoms with Gasteiger partial charge in [0.25, 0.3) is 0 Å². The zero-order valence-electron chi connectivity index (χ0n) is 14.1. The Morgan fingerprint density at radius 1 is 1.29 bits per heavy atom. The Morgan fingerprint density at radius 2 is 2.17 bits per heavy atom. The molecule has 1 aromatic carbocycles. The quantitative estimate of drug-likeness (QED) is 0.781. The van der Waals surface area contributed by atoms with E-state index in [-0.39, 0.29) is 6.10 Å². The second kappa shape index (κ2) is 6.37. The van der Waals surface area contributed by atoms with Crippen molar-refractivity contribution in [1.29, 1.82) is 0 Å². The number of para-hydroxylation sites is 1. The van der Waals surface area contributed by atoms with E-state index < -0.39 is 0 Å². The average Bonchev–Trinajstić information content (AvgIpc) is 3.28. The summed E-state index contributed by atoms with van der Waals surface area (Å²) in [7, 11) is 3.94. The van der Waals surface area contributed by atoms with Crippen molar-refractivity contribution in [2.24, 2.45) is 20.0 Å². The number of fused-ring (bicyclic) bond motifs is 1. The lowest BCUT2D eigenvalue weighted by molar-refractivity contribution is 0.0904. The molecule has 0 aliphatic carbocycles. The van der Waals surface area contributed by atoms with Crippen LogP contribution in [0.1, 0.15) is 23.8 Å². The number of benzene rings is 1. The molecule has 1 aliphatic heterocycles. The van der Waals surface area contributed by atoms with E-state index in [1.54, 1.807) is 0 Å². The number of nitrogens with one attached hydrogen (secondary N) is 1. The smallest absolute Gasteiger partial charge is 0.0896 e. The van der Waals surface area contributed by atoms with Crippen LogP contribution in [0.3, 0.4) is 0 Å². The van der Waals surface area contributed by atoms with Gasteiger partial charge in [0.15, 0.2) is 0 Å². The lowest BCUT2D eigenvalue weighted by Gasteiger charge is -2.17. The van der Waals surface area contributed by atoms with Gasteiger partial charge in [0.2, 0.25) is 0 Å². The van der Waals surface area contributed by atoms with Crippen LogP contribution in [0, 0.1) is 5.92 Å². The van der Waals surface area contributed by atoms with Gasteiger partial charge in [0.05, 0.1) is 23.5 Å². The molecule has 1 aliphatic rings. The van der Waals surface area contributed by atoms with Crippen LogP contribution in [0.2, 0.25) is 0 Å². The fourth-order valence-electron chi connectivity index (χ4n) is 3.59. The molecule has 1 N–H and O–H groups in total. The molecule has 0 spiro atoms. The van der Waals surface area contributed by atoms with E-state index in [2.05, 4.69) is 46.0 Å². The van der Waals surface area contributed by atoms with Crippen molar-refractivity contribution in [2.75, 3.05) is 13.2 Å². The van der Waals surface area contributed by atoms with Gasteiger partial charge in [-0.3, -0.25) is 9.36 Å². The number of ether oxygens (including phenoxy) is 1. The largest absolute Gasteiger partial charge is 0.373 e. The van der Waals surface area contributed by atoms with Crippen LogP contribution in [0.5, 0.6) is 0 Å². The van der Waals surface area contributed by atoms with Crippen LogP contribution in [-0.4, -0.2) is 32.7 Å². The lowest BCUT2D eigenvalue weighted by atomic mass is 9.97. The van der Waals surface area contributed by atoms with Crippen LogP contribution in [0.4, 0.5) is 0 Å². The summed E-state index contributed by atoms with van der Waals surface area (Å²) < 4.78 is 9.71. The zero-order chi connectivity index (χ0) is 16.5. The first-order chi connectivity index (χ1) is 11.7. The topological polar surface area (TPSA) is 56.9 Å². The van der Waals surface area contributed by atoms with Gasteiger partial charge in [0.1, 0.15) is 0 Å². The first-order valence-corrected chi connectivity index (χ1v) is 8.44. The Labute approximate surface area is 141 Å². The van der Waals surface area contributed by atoms with Crippen LogP contribution in [0.15, 0.2) is 36.7 Å². The van der Waals surface area contributed by atoms with Gasteiger partial charge in [-0.15, -0.1) is 0 Å². The van der Waals surface area contributed by atoms with Crippen molar-refractivity contribution in [3.8, 4) is 0 Å². The van der Waals surface area contributed by atoms with Gasteiger partial charge >= 0.3 is 0 Å². The Kier molecular flexibility index (Phi) is 4.08. The molecule has 126 valence electrons. The van der Waals surface area contributed by atoms with Crippen LogP contribution in [0.25, 0.3) is 10.9 Å². The predicted molar refractivity (Wildman–Crippen MR) is 92.4 cm³/mol. The third kappa shape index (κ3) is 2.83. The summed E-state index contributed by atoms with van der Waals surface area (Å²) in [4.78, 5) is 0. The first kappa shape index (κ1) is 15.4. The summed E-state index contributed by atoms with van der Waals surface area (Å²) in [6.07, 6.45) is 5.19. The molecule has 0 amide bonds. The minimum Gasteiger partial charge on any atom is -0.373 e. The summed E-state index contributed by atoms with van der Waals surface area (Å²) in [6, 6.07) is 8.36. The predicted octanol–water partition coefficient (Wildman–Crippen LogP) is 2.17. The Bertz CT molecular complexity index is 837. The molecule has 24 heavy (non-hydrogen) atoms. The summed E-state index contributed by atoms with van der Waals surface area (Å²) >= 11 is 0. The molecule has 4 rings (SSSR count). The maximum Gasteiger partial charge on any atom is 0.0896 e. The van der Waals surface area contributed by atoms with Gasteiger partial charge in [-0.05, 0) is 12.5 Å². The molecule has 0 radical (unpaired) electrons. The Morgan fingerprint density at radius 3 is 3.00 bits per heavy atom. The second-order valence-corrected chi connectivity index (χ2v) is 6.51. The number of hydrogen-bond acceptors (Lipinski definition) is 4. The van der Waals surface area contributed by atoms with Crippen molar-refractivity contribution in [1.82, 2.24) is 24.9 Å². The summed E-state index contributed by atoms with van der Waals surface area (Å²) in [5.41, 5.74) is 3.45. The molecule has 6 heteroatoms. The summed E-state index contributed by atoms with van der Waals surface area (Å²) in [5.74, 6) is 0.476. The van der Waals surface area contributed by atoms with Crippen molar-refractivity contribution in [3.63, 3.8) is 0 Å². The molecule has 3 heterocycles. The molecule has 0 bridgehead atoms. The monoisotopic (exact) mass is 325 g/mol. The van der Waals surface area contributed by atoms with Crippen molar-refractivity contribution in [2.45, 2.75) is 19.1 Å². The van der Waals surface area contributed by atoms with E-state index in [1.807, 2.05) is 29.7 Å². The molecule has 6 nitrogen and oxygen atoms in total. The fourth-order valence-corrected chi connectivity index (χ4v) is 3.59. The van der Waals surface area contributed by atoms with Crippen molar-refractivity contribution in [3.05, 3.63) is 47.9 Å². The van der Waals surface area contributed by atoms with Gasteiger partial charge in [-0.2, -0.15) is 10.2 Å². The maximum absolute atomic E-state index is 5.93. The highest BCUT2D eigenvalue weighted by Gasteiger charge is 2.30. The van der Waals surface area contributed by atoms with E-state index in [0.717, 1.165) is 31.8 Å². The Hall–Kier alpha value is -2.18. The van der Waals surface area contributed by atoms with E-state index >= 15 is 0 Å². The molecule has 0 saturated carbocycles. The van der Waals surface area contributed by atoms with Gasteiger partial charge in [0, 0.05) is 56.9 Å². The molecular weight excluding hydrogens is 302 g/mol. The highest BCUT2D eigenvalue weighted by molar-refractivity contribution is 5.81. The SMILES string of the molecule is Cn1cc([C@@H]2OCC[C@H]2CNCc2nn(C)c3ccccc23)cn1. The van der Waals surface area contributed by atoms with Crippen molar-refractivity contribution >= 4 is 10.9 Å². The van der Waals surface area contributed by atoms with E-state index in [0.29, 0.717) is 5.92 Å². The third-order valence-corrected chi connectivity index (χ3v) is 4.80. The van der Waals surface area contributed by atoms with Gasteiger partial charge < -0.3 is 10.1 Å². The summed E-state index contributed by atoms with van der Waals surface area (Å²) in [6.45, 7) is 2.51. The number of aromatic nitrogens is 4. The average molecular weight is 325 g/mol. The molecule has 3 aromatic rings. The molecule has 2 aromatic heterocycles. The maximum atomic E-state index is 5.93. The van der Waals surface area contributed by atoms with Crippen molar-refractivity contribution < 1.29 is 4.74 Å². The third-order valence-electron chi connectivity index (χ3n) is 4.80. The fraction of sp³-hybridized carbons (Fsp3) is 0.444. The number of nitrogens with zero attached hydrogens (tertiary/aromatic N) is 4. The molecular formula is C18H23N5O. The normalized spacial score (nSPS) is 20.9. The standard InChI is InChI=1S/C18H23N5O/c1-22-12-14(10-20-22)18-13(7-8-24-18)9-19-11-16-15-5-3-4-6-17(15)23(2)21-16/h3-6,10,12-13,18-19H,7-9,11H2,1-2H3/t13-,18+/m0/s1. The molecule has 2 atom stereocenters. The molecule has 1 fully saturated rings. The minimum atomic E-state index is 0.145. The molecule has 1 saturated heterocycles. The van der Waals surface area contributed by atoms with Crippen LogP contribution >= 0.6 is 0 Å². The second-order valence-electron chi connectivity index (χ2n) is 6.51. The minimum absolute atomic E-state index is 0.145. The highest BCUT2D eigenvalue weighted by atomic mass is 16.5. The zero-order valence-corrected chi connectivity index (χ0v) is 14.1. The van der Waals surface area contributed by atoms with E-state index in [4.69, 9.17) is 4.74 Å².